The minimum Gasteiger partial charge on any atom is -0.373 e. The average molecular weight is 257 g/mol. The molecule has 0 aromatic heterocycles. The van der Waals surface area contributed by atoms with E-state index in [-0.39, 0.29) is 5.92 Å². The molecule has 1 atom stereocenters. The fourth-order valence-corrected chi connectivity index (χ4v) is 2.47. The van der Waals surface area contributed by atoms with Crippen molar-refractivity contribution >= 4 is 0 Å². The van der Waals surface area contributed by atoms with Gasteiger partial charge in [0.2, 0.25) is 0 Å². The summed E-state index contributed by atoms with van der Waals surface area (Å²) in [6, 6.07) is 9.76. The quantitative estimate of drug-likeness (QED) is 0.841. The van der Waals surface area contributed by atoms with Crippen molar-refractivity contribution in [3.8, 4) is 11.8 Å². The standard InChI is InChI=1S/C17H23NO/c1-15(2)17(19,16-9-4-3-5-10-16)11-8-14-18-12-6-7-13-18/h3-5,9-10,15,19H,6-7,12-14H2,1-2H3/t17-/m0/s1. The number of hydrogen-bond acceptors (Lipinski definition) is 2. The van der Waals surface area contributed by atoms with E-state index < -0.39 is 5.60 Å². The molecule has 2 heteroatoms. The van der Waals surface area contributed by atoms with Gasteiger partial charge in [0.25, 0.3) is 0 Å². The Labute approximate surface area is 116 Å². The van der Waals surface area contributed by atoms with Crippen LogP contribution in [-0.4, -0.2) is 29.6 Å². The van der Waals surface area contributed by atoms with Crippen LogP contribution in [0.3, 0.4) is 0 Å². The highest BCUT2D eigenvalue weighted by molar-refractivity contribution is 5.32. The fourth-order valence-electron chi connectivity index (χ4n) is 2.47. The lowest BCUT2D eigenvalue weighted by molar-refractivity contribution is 0.0502. The van der Waals surface area contributed by atoms with Crippen LogP contribution in [0.15, 0.2) is 30.3 Å². The monoisotopic (exact) mass is 257 g/mol. The van der Waals surface area contributed by atoms with Gasteiger partial charge >= 0.3 is 0 Å². The minimum absolute atomic E-state index is 0.0704. The highest BCUT2D eigenvalue weighted by Gasteiger charge is 2.30. The first kappa shape index (κ1) is 14.1. The Morgan fingerprint density at radius 2 is 1.84 bits per heavy atom. The van der Waals surface area contributed by atoms with Crippen molar-refractivity contribution in [2.45, 2.75) is 32.3 Å². The molecule has 0 amide bonds. The lowest BCUT2D eigenvalue weighted by Crippen LogP contribution is -2.30. The zero-order valence-corrected chi connectivity index (χ0v) is 11.9. The zero-order chi connectivity index (χ0) is 13.7. The summed E-state index contributed by atoms with van der Waals surface area (Å²) >= 11 is 0. The number of nitrogens with zero attached hydrogens (tertiary/aromatic N) is 1. The van der Waals surface area contributed by atoms with E-state index in [4.69, 9.17) is 0 Å². The molecule has 1 saturated heterocycles. The average Bonchev–Trinajstić information content (AvgIpc) is 2.92. The molecule has 0 spiro atoms. The van der Waals surface area contributed by atoms with Crippen LogP contribution < -0.4 is 0 Å². The normalized spacial score (nSPS) is 18.9. The van der Waals surface area contributed by atoms with E-state index in [2.05, 4.69) is 16.7 Å². The minimum atomic E-state index is -1.04. The summed E-state index contributed by atoms with van der Waals surface area (Å²) in [4.78, 5) is 2.35. The van der Waals surface area contributed by atoms with Gasteiger partial charge in [-0.25, -0.2) is 0 Å². The van der Waals surface area contributed by atoms with Gasteiger partial charge in [-0.05, 0) is 37.4 Å². The molecule has 0 aliphatic carbocycles. The van der Waals surface area contributed by atoms with Gasteiger partial charge in [-0.15, -0.1) is 0 Å². The fraction of sp³-hybridized carbons (Fsp3) is 0.529. The van der Waals surface area contributed by atoms with E-state index in [1.54, 1.807) is 0 Å². The molecule has 1 fully saturated rings. The maximum Gasteiger partial charge on any atom is 0.153 e. The summed E-state index contributed by atoms with van der Waals surface area (Å²) in [7, 11) is 0. The SMILES string of the molecule is CC(C)[C@@](O)(C#CCN1CCCC1)c1ccccc1. The van der Waals surface area contributed by atoms with Crippen molar-refractivity contribution in [2.75, 3.05) is 19.6 Å². The molecule has 1 heterocycles. The van der Waals surface area contributed by atoms with E-state index in [1.165, 1.54) is 12.8 Å². The maximum atomic E-state index is 10.8. The van der Waals surface area contributed by atoms with Crippen LogP contribution in [0.2, 0.25) is 0 Å². The van der Waals surface area contributed by atoms with Crippen molar-refractivity contribution in [3.05, 3.63) is 35.9 Å². The Hall–Kier alpha value is -1.30. The first-order valence-electron chi connectivity index (χ1n) is 7.13. The third kappa shape index (κ3) is 3.37. The molecule has 2 rings (SSSR count). The van der Waals surface area contributed by atoms with Crippen molar-refractivity contribution in [2.24, 2.45) is 5.92 Å². The summed E-state index contributed by atoms with van der Waals surface area (Å²) in [6.07, 6.45) is 2.55. The Morgan fingerprint density at radius 3 is 2.42 bits per heavy atom. The number of hydrogen-bond donors (Lipinski definition) is 1. The molecular weight excluding hydrogens is 234 g/mol. The predicted molar refractivity (Wildman–Crippen MR) is 78.6 cm³/mol. The van der Waals surface area contributed by atoms with Crippen LogP contribution in [0.5, 0.6) is 0 Å². The summed E-state index contributed by atoms with van der Waals surface area (Å²) in [5.74, 6) is 6.35. The van der Waals surface area contributed by atoms with Gasteiger partial charge in [0.1, 0.15) is 0 Å². The van der Waals surface area contributed by atoms with Crippen molar-refractivity contribution in [1.29, 1.82) is 0 Å². The molecule has 1 aromatic carbocycles. The second-order valence-corrected chi connectivity index (χ2v) is 5.57. The van der Waals surface area contributed by atoms with Gasteiger partial charge in [0, 0.05) is 0 Å². The van der Waals surface area contributed by atoms with Crippen LogP contribution in [0.4, 0.5) is 0 Å². The molecule has 1 N–H and O–H groups in total. The predicted octanol–water partition coefficient (Wildman–Crippen LogP) is 2.63. The smallest absolute Gasteiger partial charge is 0.153 e. The summed E-state index contributed by atoms with van der Waals surface area (Å²) in [5.41, 5.74) is -0.153. The second-order valence-electron chi connectivity index (χ2n) is 5.57. The second kappa shape index (κ2) is 6.23. The van der Waals surface area contributed by atoms with Crippen molar-refractivity contribution in [3.63, 3.8) is 0 Å². The van der Waals surface area contributed by atoms with Gasteiger partial charge < -0.3 is 5.11 Å². The highest BCUT2D eigenvalue weighted by Crippen LogP contribution is 2.28. The first-order chi connectivity index (χ1) is 9.13. The largest absolute Gasteiger partial charge is 0.373 e. The Balaban J connectivity index is 2.13. The molecule has 0 bridgehead atoms. The van der Waals surface area contributed by atoms with Crippen molar-refractivity contribution < 1.29 is 5.11 Å². The van der Waals surface area contributed by atoms with E-state index in [9.17, 15) is 5.11 Å². The van der Waals surface area contributed by atoms with Gasteiger partial charge in [-0.1, -0.05) is 56.0 Å². The third-order valence-electron chi connectivity index (χ3n) is 3.83. The van der Waals surface area contributed by atoms with Gasteiger partial charge in [0.15, 0.2) is 5.60 Å². The lowest BCUT2D eigenvalue weighted by atomic mass is 9.84. The van der Waals surface area contributed by atoms with Gasteiger partial charge in [-0.2, -0.15) is 0 Å². The molecule has 2 nitrogen and oxygen atoms in total. The summed E-state index contributed by atoms with van der Waals surface area (Å²) in [6.45, 7) is 7.07. The van der Waals surface area contributed by atoms with Gasteiger partial charge in [-0.3, -0.25) is 4.90 Å². The van der Waals surface area contributed by atoms with Gasteiger partial charge in [0.05, 0.1) is 6.54 Å². The Kier molecular flexibility index (Phi) is 4.63. The third-order valence-corrected chi connectivity index (χ3v) is 3.83. The van der Waals surface area contributed by atoms with Crippen LogP contribution in [0, 0.1) is 17.8 Å². The highest BCUT2D eigenvalue weighted by atomic mass is 16.3. The van der Waals surface area contributed by atoms with Crippen LogP contribution >= 0.6 is 0 Å². The van der Waals surface area contributed by atoms with E-state index in [0.29, 0.717) is 0 Å². The van der Waals surface area contributed by atoms with Crippen LogP contribution in [0.1, 0.15) is 32.3 Å². The molecular formula is C17H23NO. The molecule has 0 radical (unpaired) electrons. The van der Waals surface area contributed by atoms with E-state index in [1.807, 2.05) is 44.2 Å². The molecule has 0 saturated carbocycles. The number of benzene rings is 1. The molecule has 102 valence electrons. The van der Waals surface area contributed by atoms with Crippen LogP contribution in [-0.2, 0) is 5.60 Å². The number of rotatable bonds is 3. The molecule has 0 unspecified atom stereocenters. The molecule has 1 aromatic rings. The maximum absolute atomic E-state index is 10.8. The number of aliphatic hydroxyl groups is 1. The first-order valence-corrected chi connectivity index (χ1v) is 7.13. The molecule has 19 heavy (non-hydrogen) atoms. The molecule has 1 aliphatic heterocycles. The zero-order valence-electron chi connectivity index (χ0n) is 11.9. The van der Waals surface area contributed by atoms with E-state index >= 15 is 0 Å². The van der Waals surface area contributed by atoms with E-state index in [0.717, 1.165) is 25.2 Å². The van der Waals surface area contributed by atoms with Crippen molar-refractivity contribution in [1.82, 2.24) is 4.90 Å². The summed E-state index contributed by atoms with van der Waals surface area (Å²) < 4.78 is 0. The Morgan fingerprint density at radius 1 is 1.21 bits per heavy atom. The Bertz CT molecular complexity index is 451. The number of likely N-dealkylation sites (tertiary alicyclic amines) is 1. The topological polar surface area (TPSA) is 23.5 Å². The van der Waals surface area contributed by atoms with Crippen LogP contribution in [0.25, 0.3) is 0 Å². The lowest BCUT2D eigenvalue weighted by Gasteiger charge is -2.27. The summed E-state index contributed by atoms with van der Waals surface area (Å²) in [5, 5.41) is 10.8. The molecule has 1 aliphatic rings.